The van der Waals surface area contributed by atoms with E-state index in [1.54, 1.807) is 18.7 Å². The van der Waals surface area contributed by atoms with Crippen LogP contribution in [-0.4, -0.2) is 43.1 Å². The third kappa shape index (κ3) is 5.31. The molecule has 0 unspecified atom stereocenters. The van der Waals surface area contributed by atoms with E-state index in [0.717, 1.165) is 21.4 Å². The number of thioether (sulfide) groups is 1. The molecule has 0 heterocycles. The van der Waals surface area contributed by atoms with Gasteiger partial charge in [-0.05, 0) is 31.0 Å². The van der Waals surface area contributed by atoms with Crippen LogP contribution in [0.25, 0.3) is 10.8 Å². The van der Waals surface area contributed by atoms with Crippen molar-refractivity contribution in [3.63, 3.8) is 0 Å². The highest BCUT2D eigenvalue weighted by Crippen LogP contribution is 2.34. The summed E-state index contributed by atoms with van der Waals surface area (Å²) in [5.41, 5.74) is 0. The summed E-state index contributed by atoms with van der Waals surface area (Å²) in [5, 5.41) is 2.11. The third-order valence-electron chi connectivity index (χ3n) is 3.66. The molecule has 0 N–H and O–H groups in total. The lowest BCUT2D eigenvalue weighted by atomic mass is 10.1. The second kappa shape index (κ2) is 8.62. The van der Waals surface area contributed by atoms with Crippen LogP contribution in [0.3, 0.4) is 0 Å². The fraction of sp³-hybridized carbons (Fsp3) is 0.444. The molecule has 0 aliphatic carbocycles. The lowest BCUT2D eigenvalue weighted by Crippen LogP contribution is -2.35. The van der Waals surface area contributed by atoms with Gasteiger partial charge < -0.3 is 4.74 Å². The number of hydrogen-bond donors (Lipinski definition) is 0. The standard InChI is InChI=1S/C18H22F3NOS/c1-3-22(13-18(19,20)21)11-12-24-17-10-9-16(23-4-2)14-7-5-6-8-15(14)17/h5-10H,3-4,11-13H2,1-2H3. The van der Waals surface area contributed by atoms with E-state index in [9.17, 15) is 13.2 Å². The molecule has 0 fully saturated rings. The minimum Gasteiger partial charge on any atom is -0.493 e. The second-order valence-electron chi connectivity index (χ2n) is 5.37. The lowest BCUT2D eigenvalue weighted by Gasteiger charge is -2.21. The molecule has 0 atom stereocenters. The summed E-state index contributed by atoms with van der Waals surface area (Å²) in [6.07, 6.45) is -4.15. The normalized spacial score (nSPS) is 12.1. The molecule has 24 heavy (non-hydrogen) atoms. The van der Waals surface area contributed by atoms with Crippen LogP contribution in [0.15, 0.2) is 41.3 Å². The molecule has 0 radical (unpaired) electrons. The van der Waals surface area contributed by atoms with Crippen LogP contribution in [0.1, 0.15) is 13.8 Å². The van der Waals surface area contributed by atoms with E-state index >= 15 is 0 Å². The Kier molecular flexibility index (Phi) is 6.80. The molecule has 0 bridgehead atoms. The van der Waals surface area contributed by atoms with Gasteiger partial charge in [-0.3, -0.25) is 4.90 Å². The van der Waals surface area contributed by atoms with Gasteiger partial charge in [-0.2, -0.15) is 13.2 Å². The Morgan fingerprint density at radius 2 is 1.75 bits per heavy atom. The summed E-state index contributed by atoms with van der Waals surface area (Å²) >= 11 is 1.58. The number of alkyl halides is 3. The van der Waals surface area contributed by atoms with Gasteiger partial charge in [0.2, 0.25) is 0 Å². The maximum absolute atomic E-state index is 12.5. The summed E-state index contributed by atoms with van der Waals surface area (Å²) in [7, 11) is 0. The Bertz CT molecular complexity index is 660. The van der Waals surface area contributed by atoms with E-state index in [0.29, 0.717) is 25.4 Å². The lowest BCUT2D eigenvalue weighted by molar-refractivity contribution is -0.144. The maximum atomic E-state index is 12.5. The topological polar surface area (TPSA) is 12.5 Å². The van der Waals surface area contributed by atoms with Gasteiger partial charge in [0.25, 0.3) is 0 Å². The SMILES string of the molecule is CCOc1ccc(SCCN(CC)CC(F)(F)F)c2ccccc12. The molecule has 2 aromatic rings. The van der Waals surface area contributed by atoms with Crippen molar-refractivity contribution in [2.24, 2.45) is 0 Å². The second-order valence-corrected chi connectivity index (χ2v) is 6.51. The maximum Gasteiger partial charge on any atom is 0.401 e. The minimum atomic E-state index is -4.15. The summed E-state index contributed by atoms with van der Waals surface area (Å²) < 4.78 is 43.2. The highest BCUT2D eigenvalue weighted by molar-refractivity contribution is 7.99. The summed E-state index contributed by atoms with van der Waals surface area (Å²) in [4.78, 5) is 2.49. The van der Waals surface area contributed by atoms with Gasteiger partial charge in [0.1, 0.15) is 5.75 Å². The molecular formula is C18H22F3NOS. The first kappa shape index (κ1) is 18.9. The van der Waals surface area contributed by atoms with Crippen LogP contribution in [0, 0.1) is 0 Å². The molecule has 0 saturated heterocycles. The van der Waals surface area contributed by atoms with Gasteiger partial charge in [-0.25, -0.2) is 0 Å². The Morgan fingerprint density at radius 1 is 1.04 bits per heavy atom. The molecule has 0 aliphatic heterocycles. The average molecular weight is 357 g/mol. The van der Waals surface area contributed by atoms with Crippen molar-refractivity contribution in [1.82, 2.24) is 4.90 Å². The highest BCUT2D eigenvalue weighted by Gasteiger charge is 2.29. The molecular weight excluding hydrogens is 335 g/mol. The number of fused-ring (bicyclic) bond motifs is 1. The van der Waals surface area contributed by atoms with Gasteiger partial charge in [-0.1, -0.05) is 31.2 Å². The summed E-state index contributed by atoms with van der Waals surface area (Å²) in [5.74, 6) is 1.45. The Labute approximate surface area is 145 Å². The highest BCUT2D eigenvalue weighted by atomic mass is 32.2. The van der Waals surface area contributed by atoms with Crippen molar-refractivity contribution in [3.05, 3.63) is 36.4 Å². The third-order valence-corrected chi connectivity index (χ3v) is 4.71. The van der Waals surface area contributed by atoms with E-state index in [2.05, 4.69) is 0 Å². The largest absolute Gasteiger partial charge is 0.493 e. The Balaban J connectivity index is 2.06. The van der Waals surface area contributed by atoms with E-state index < -0.39 is 12.7 Å². The molecule has 0 aliphatic rings. The van der Waals surface area contributed by atoms with Crippen LogP contribution < -0.4 is 4.74 Å². The number of nitrogens with zero attached hydrogens (tertiary/aromatic N) is 1. The molecule has 2 nitrogen and oxygen atoms in total. The van der Waals surface area contributed by atoms with Crippen LogP contribution in [0.2, 0.25) is 0 Å². The molecule has 0 aromatic heterocycles. The average Bonchev–Trinajstić information content (AvgIpc) is 2.54. The zero-order valence-electron chi connectivity index (χ0n) is 13.9. The van der Waals surface area contributed by atoms with Crippen molar-refractivity contribution < 1.29 is 17.9 Å². The first-order valence-electron chi connectivity index (χ1n) is 8.01. The molecule has 0 spiro atoms. The fourth-order valence-electron chi connectivity index (χ4n) is 2.54. The number of hydrogen-bond acceptors (Lipinski definition) is 3. The number of ether oxygens (including phenoxy) is 1. The molecule has 132 valence electrons. The van der Waals surface area contributed by atoms with Gasteiger partial charge in [0.05, 0.1) is 13.2 Å². The molecule has 0 amide bonds. The summed E-state index contributed by atoms with van der Waals surface area (Å²) in [6, 6.07) is 11.9. The van der Waals surface area contributed by atoms with Crippen LogP contribution in [0.5, 0.6) is 5.75 Å². The number of rotatable bonds is 8. The van der Waals surface area contributed by atoms with Crippen LogP contribution >= 0.6 is 11.8 Å². The monoisotopic (exact) mass is 357 g/mol. The van der Waals surface area contributed by atoms with Crippen LogP contribution in [0.4, 0.5) is 13.2 Å². The van der Waals surface area contributed by atoms with Crippen molar-refractivity contribution in [2.75, 3.05) is 32.0 Å². The zero-order valence-corrected chi connectivity index (χ0v) is 14.7. The number of halogens is 3. The van der Waals surface area contributed by atoms with Crippen molar-refractivity contribution >= 4 is 22.5 Å². The van der Waals surface area contributed by atoms with E-state index in [4.69, 9.17) is 4.74 Å². The Hall–Kier alpha value is -1.40. The predicted octanol–water partition coefficient (Wildman–Crippen LogP) is 5.21. The van der Waals surface area contributed by atoms with Gasteiger partial charge >= 0.3 is 6.18 Å². The van der Waals surface area contributed by atoms with E-state index in [-0.39, 0.29) is 0 Å². The minimum absolute atomic E-state index is 0.393. The molecule has 6 heteroatoms. The van der Waals surface area contributed by atoms with Gasteiger partial charge in [0.15, 0.2) is 0 Å². The molecule has 2 aromatic carbocycles. The Morgan fingerprint density at radius 3 is 2.38 bits per heavy atom. The molecule has 2 rings (SSSR count). The van der Waals surface area contributed by atoms with E-state index in [1.807, 2.05) is 43.3 Å². The quantitative estimate of drug-likeness (QED) is 0.602. The van der Waals surface area contributed by atoms with Crippen LogP contribution in [-0.2, 0) is 0 Å². The summed E-state index contributed by atoms with van der Waals surface area (Å²) in [6.45, 7) is 4.24. The van der Waals surface area contributed by atoms with E-state index in [1.165, 1.54) is 4.90 Å². The molecule has 0 saturated carbocycles. The zero-order chi connectivity index (χ0) is 17.6. The first-order valence-corrected chi connectivity index (χ1v) is 8.99. The predicted molar refractivity (Wildman–Crippen MR) is 94.0 cm³/mol. The van der Waals surface area contributed by atoms with Gasteiger partial charge in [-0.15, -0.1) is 11.8 Å². The van der Waals surface area contributed by atoms with Crippen molar-refractivity contribution in [2.45, 2.75) is 24.9 Å². The number of benzene rings is 2. The smallest absolute Gasteiger partial charge is 0.401 e. The fourth-order valence-corrected chi connectivity index (χ4v) is 3.61. The first-order chi connectivity index (χ1) is 11.4. The van der Waals surface area contributed by atoms with Crippen molar-refractivity contribution in [1.29, 1.82) is 0 Å². The van der Waals surface area contributed by atoms with Crippen molar-refractivity contribution in [3.8, 4) is 5.75 Å². The van der Waals surface area contributed by atoms with Gasteiger partial charge in [0, 0.05) is 22.6 Å².